The van der Waals surface area contributed by atoms with E-state index < -0.39 is 16.5 Å². The van der Waals surface area contributed by atoms with Gasteiger partial charge in [-0.05, 0) is 12.1 Å². The Morgan fingerprint density at radius 1 is 1.50 bits per heavy atom. The van der Waals surface area contributed by atoms with E-state index in [1.807, 2.05) is 24.3 Å². The van der Waals surface area contributed by atoms with Crippen LogP contribution in [0.25, 0.3) is 0 Å². The summed E-state index contributed by atoms with van der Waals surface area (Å²) in [5, 5.41) is 12.8. The lowest BCUT2D eigenvalue weighted by Crippen LogP contribution is -2.90. The zero-order valence-corrected chi connectivity index (χ0v) is 12.8. The maximum absolute atomic E-state index is 9.66. The van der Waals surface area contributed by atoms with E-state index in [4.69, 9.17) is 28.0 Å². The quantitative estimate of drug-likeness (QED) is 0.149. The van der Waals surface area contributed by atoms with Gasteiger partial charge in [0.15, 0.2) is 0 Å². The standard InChI is InChI=1S/C11H18N4O2.H2O4S/c1-17-10-5-3-2-4-9(10)14-6-8(16)7-15-11(12)13;1-5(2,3)4/h2-5,8,14,16H,6-7H2,1H3,(H4,12,13,15);(H2,1,2,3,4). The van der Waals surface area contributed by atoms with Gasteiger partial charge in [0.2, 0.25) is 0 Å². The fourth-order valence-electron chi connectivity index (χ4n) is 1.34. The predicted octanol–water partition coefficient (Wildman–Crippen LogP) is -4.23. The van der Waals surface area contributed by atoms with E-state index in [0.29, 0.717) is 19.0 Å². The first-order valence-corrected chi connectivity index (χ1v) is 7.36. The molecule has 11 heteroatoms. The molecule has 8 N–H and O–H groups in total. The van der Waals surface area contributed by atoms with Crippen molar-refractivity contribution in [2.45, 2.75) is 6.10 Å². The summed E-state index contributed by atoms with van der Waals surface area (Å²) in [6, 6.07) is 7.53. The summed E-state index contributed by atoms with van der Waals surface area (Å²) in [7, 11) is -3.56. The predicted molar refractivity (Wildman–Crippen MR) is 75.9 cm³/mol. The highest BCUT2D eigenvalue weighted by molar-refractivity contribution is 7.79. The van der Waals surface area contributed by atoms with Gasteiger partial charge in [-0.3, -0.25) is 14.2 Å². The van der Waals surface area contributed by atoms with Crippen LogP contribution in [0.15, 0.2) is 24.3 Å². The minimum Gasteiger partial charge on any atom is -0.759 e. The van der Waals surface area contributed by atoms with E-state index in [9.17, 15) is 5.11 Å². The minimum atomic E-state index is -5.17. The number of guanidine groups is 1. The van der Waals surface area contributed by atoms with Crippen LogP contribution in [0.5, 0.6) is 5.75 Å². The highest BCUT2D eigenvalue weighted by atomic mass is 32.3. The van der Waals surface area contributed by atoms with Gasteiger partial charge in [-0.25, -0.2) is 10.7 Å². The Balaban J connectivity index is 0.000000763. The summed E-state index contributed by atoms with van der Waals surface area (Å²) < 4.78 is 39.3. The Morgan fingerprint density at radius 2 is 2.05 bits per heavy atom. The van der Waals surface area contributed by atoms with Crippen LogP contribution < -0.4 is 26.5 Å². The molecule has 1 atom stereocenters. The Hall–Kier alpha value is -1.92. The van der Waals surface area contributed by atoms with Gasteiger partial charge in [-0.15, -0.1) is 0 Å². The first-order valence-electron chi connectivity index (χ1n) is 6.03. The number of rotatable bonds is 6. The molecule has 10 nitrogen and oxygen atoms in total. The fourth-order valence-corrected chi connectivity index (χ4v) is 1.34. The summed E-state index contributed by atoms with van der Waals surface area (Å²) in [6.45, 7) is 0.762. The van der Waals surface area contributed by atoms with Gasteiger partial charge in [-0.1, -0.05) is 12.1 Å². The molecule has 0 fully saturated rings. The number of anilines is 1. The molecular weight excluding hydrogens is 316 g/mol. The monoisotopic (exact) mass is 336 g/mol. The number of methoxy groups -OCH3 is 1. The lowest BCUT2D eigenvalue weighted by atomic mass is 10.2. The third kappa shape index (κ3) is 11.9. The second-order valence-corrected chi connectivity index (χ2v) is 4.87. The molecule has 0 aliphatic carbocycles. The Labute approximate surface area is 128 Å². The molecule has 0 spiro atoms. The fraction of sp³-hybridized carbons (Fsp3) is 0.364. The topological polar surface area (TPSA) is 189 Å². The van der Waals surface area contributed by atoms with Crippen LogP contribution in [-0.4, -0.2) is 54.9 Å². The van der Waals surface area contributed by atoms with Crippen LogP contribution in [0.3, 0.4) is 0 Å². The number of nitrogens with two attached hydrogens (primary N) is 1. The third-order valence-electron chi connectivity index (χ3n) is 2.20. The summed E-state index contributed by atoms with van der Waals surface area (Å²) in [4.78, 5) is 2.77. The average Bonchev–Trinajstić information content (AvgIpc) is 2.41. The van der Waals surface area contributed by atoms with Crippen molar-refractivity contribution in [3.05, 3.63) is 24.3 Å². The number of hydrogen-bond donors (Lipinski definition) is 5. The van der Waals surface area contributed by atoms with Crippen molar-refractivity contribution in [1.29, 1.82) is 0 Å². The summed E-state index contributed by atoms with van der Waals surface area (Å²) in [6.07, 6.45) is -0.555. The van der Waals surface area contributed by atoms with Gasteiger partial charge in [0, 0.05) is 16.9 Å². The number of benzene rings is 1. The van der Waals surface area contributed by atoms with Crippen molar-refractivity contribution in [3.63, 3.8) is 0 Å². The van der Waals surface area contributed by atoms with Crippen LogP contribution in [-0.2, 0) is 10.4 Å². The Morgan fingerprint density at radius 3 is 2.55 bits per heavy atom. The van der Waals surface area contributed by atoms with E-state index in [1.54, 1.807) is 7.11 Å². The summed E-state index contributed by atoms with van der Waals surface area (Å²) in [5.74, 6) is 1.09. The van der Waals surface area contributed by atoms with Crippen LogP contribution in [0, 0.1) is 0 Å². The molecule has 0 amide bonds. The van der Waals surface area contributed by atoms with Crippen LogP contribution in [0.2, 0.25) is 0 Å². The largest absolute Gasteiger partial charge is 0.759 e. The molecule has 0 aromatic heterocycles. The zero-order valence-electron chi connectivity index (χ0n) is 12.0. The second-order valence-electron chi connectivity index (χ2n) is 4.05. The molecule has 1 rings (SSSR count). The molecule has 0 aliphatic heterocycles. The molecule has 0 saturated carbocycles. The number of ether oxygens (including phenoxy) is 1. The third-order valence-corrected chi connectivity index (χ3v) is 2.20. The van der Waals surface area contributed by atoms with E-state index in [-0.39, 0.29) is 0 Å². The molecule has 0 saturated heterocycles. The molecule has 0 heterocycles. The molecule has 0 radical (unpaired) electrons. The first-order chi connectivity index (χ1) is 10.1. The summed E-state index contributed by atoms with van der Waals surface area (Å²) in [5.41, 5.74) is 9.67. The molecule has 1 aromatic rings. The number of hydrogen-bond acceptors (Lipinski definition) is 7. The normalized spacial score (nSPS) is 12.9. The molecule has 1 aromatic carbocycles. The maximum Gasteiger partial charge on any atom is 0.434 e. The molecule has 1 unspecified atom stereocenters. The van der Waals surface area contributed by atoms with Crippen LogP contribution in [0.4, 0.5) is 5.69 Å². The number of nitrogens with one attached hydrogen (secondary N) is 2. The van der Waals surface area contributed by atoms with E-state index in [1.165, 1.54) is 0 Å². The second kappa shape index (κ2) is 9.92. The highest BCUT2D eigenvalue weighted by Gasteiger charge is 2.07. The van der Waals surface area contributed by atoms with Crippen molar-refractivity contribution in [2.75, 3.05) is 25.5 Å². The van der Waals surface area contributed by atoms with Gasteiger partial charge in [0.25, 0.3) is 0 Å². The van der Waals surface area contributed by atoms with E-state index in [0.717, 1.165) is 11.4 Å². The van der Waals surface area contributed by atoms with Crippen LogP contribution in [0.1, 0.15) is 0 Å². The van der Waals surface area contributed by atoms with Gasteiger partial charge < -0.3 is 24.3 Å². The van der Waals surface area contributed by atoms with Crippen molar-refractivity contribution in [1.82, 2.24) is 0 Å². The molecular formula is C11H20N4O6S. The minimum absolute atomic E-state index is 0.348. The van der Waals surface area contributed by atoms with Crippen molar-refractivity contribution in [3.8, 4) is 5.75 Å². The smallest absolute Gasteiger partial charge is 0.434 e. The molecule has 22 heavy (non-hydrogen) atoms. The SMILES string of the molecule is COc1ccccc1NCC(O)C[NH+]=C(N)[NH3+].O=S(=O)([O-])[O-]. The lowest BCUT2D eigenvalue weighted by molar-refractivity contribution is -0.512. The number of aliphatic hydroxyl groups is 1. The van der Waals surface area contributed by atoms with Gasteiger partial charge in [0.1, 0.15) is 18.4 Å². The Kier molecular flexibility index (Phi) is 9.05. The first kappa shape index (κ1) is 20.1. The number of quaternary nitrogens is 1. The number of aliphatic hydroxyl groups excluding tert-OH is 1. The number of para-hydroxylation sites is 2. The Bertz CT molecular complexity index is 566. The molecule has 126 valence electrons. The lowest BCUT2D eigenvalue weighted by Gasteiger charge is -2.12. The van der Waals surface area contributed by atoms with Gasteiger partial charge >= 0.3 is 5.96 Å². The van der Waals surface area contributed by atoms with E-state index >= 15 is 0 Å². The van der Waals surface area contributed by atoms with Gasteiger partial charge in [-0.2, -0.15) is 0 Å². The summed E-state index contributed by atoms with van der Waals surface area (Å²) >= 11 is 0. The average molecular weight is 336 g/mol. The van der Waals surface area contributed by atoms with Gasteiger partial charge in [0.05, 0.1) is 12.8 Å². The highest BCUT2D eigenvalue weighted by Crippen LogP contribution is 2.22. The van der Waals surface area contributed by atoms with E-state index in [2.05, 4.69) is 16.0 Å². The van der Waals surface area contributed by atoms with Crippen LogP contribution >= 0.6 is 0 Å². The van der Waals surface area contributed by atoms with Crippen molar-refractivity contribution < 1.29 is 38.1 Å². The molecule has 0 aliphatic rings. The van der Waals surface area contributed by atoms with Crippen molar-refractivity contribution in [2.24, 2.45) is 5.73 Å². The van der Waals surface area contributed by atoms with Crippen molar-refractivity contribution >= 4 is 22.0 Å². The zero-order chi connectivity index (χ0) is 17.2. The maximum atomic E-state index is 9.66. The molecule has 0 bridgehead atoms.